The average Bonchev–Trinajstić information content (AvgIpc) is 2.57. The molecule has 1 aliphatic rings. The van der Waals surface area contributed by atoms with Gasteiger partial charge in [-0.1, -0.05) is 0 Å². The highest BCUT2D eigenvalue weighted by Crippen LogP contribution is 2.47. The predicted octanol–water partition coefficient (Wildman–Crippen LogP) is 5.58. The second-order valence-electron chi connectivity index (χ2n) is 7.05. The van der Waals surface area contributed by atoms with Gasteiger partial charge in [0.25, 0.3) is 0 Å². The van der Waals surface area contributed by atoms with Gasteiger partial charge in [0.05, 0.1) is 40.7 Å². The molecule has 1 aromatic carbocycles. The van der Waals surface area contributed by atoms with Crippen molar-refractivity contribution in [2.45, 2.75) is 51.7 Å². The first-order valence-corrected chi connectivity index (χ1v) is 9.08. The van der Waals surface area contributed by atoms with E-state index in [1.165, 1.54) is 17.0 Å². The summed E-state index contributed by atoms with van der Waals surface area (Å²) < 4.78 is 90.8. The van der Waals surface area contributed by atoms with Crippen molar-refractivity contribution >= 4 is 16.6 Å². The van der Waals surface area contributed by atoms with E-state index in [0.717, 1.165) is 6.07 Å². The van der Waals surface area contributed by atoms with Gasteiger partial charge < -0.3 is 14.4 Å². The van der Waals surface area contributed by atoms with Gasteiger partial charge >= 0.3 is 12.4 Å². The van der Waals surface area contributed by atoms with Gasteiger partial charge in [0.2, 0.25) is 5.88 Å². The molecule has 1 aromatic heterocycles. The molecule has 29 heavy (non-hydrogen) atoms. The van der Waals surface area contributed by atoms with Crippen LogP contribution in [0.15, 0.2) is 18.2 Å². The summed E-state index contributed by atoms with van der Waals surface area (Å²) in [6.07, 6.45) is -10.6. The van der Waals surface area contributed by atoms with Crippen LogP contribution in [0.1, 0.15) is 32.8 Å². The Morgan fingerprint density at radius 3 is 2.45 bits per heavy atom. The van der Waals surface area contributed by atoms with Gasteiger partial charge in [-0.15, -0.1) is 0 Å². The summed E-state index contributed by atoms with van der Waals surface area (Å²) in [5, 5.41) is -0.282. The first kappa shape index (κ1) is 21.3. The molecule has 10 heteroatoms. The predicted molar refractivity (Wildman–Crippen MR) is 95.5 cm³/mol. The number of rotatable bonds is 4. The molecule has 1 unspecified atom stereocenters. The zero-order chi connectivity index (χ0) is 21.6. The molecule has 0 saturated heterocycles. The maximum atomic E-state index is 13.8. The molecule has 1 atom stereocenters. The lowest BCUT2D eigenvalue weighted by molar-refractivity contribution is -0.140. The van der Waals surface area contributed by atoms with Crippen molar-refractivity contribution in [1.82, 2.24) is 4.98 Å². The quantitative estimate of drug-likeness (QED) is 0.603. The zero-order valence-corrected chi connectivity index (χ0v) is 16.0. The standard InChI is InChI=1S/C19H20F6N2O2/c1-4-27-11(8-18(20,21)22)9-28-17-14(27)6-5-13-16(17)12(19(23,24)25)7-15(26-13)29-10(2)3/h5-7,10-11H,4,8-9H2,1-3H3. The topological polar surface area (TPSA) is 34.6 Å². The minimum Gasteiger partial charge on any atom is -0.489 e. The average molecular weight is 422 g/mol. The molecule has 0 fully saturated rings. The van der Waals surface area contributed by atoms with E-state index in [-0.39, 0.29) is 47.5 Å². The van der Waals surface area contributed by atoms with Gasteiger partial charge in [0, 0.05) is 12.6 Å². The minimum absolute atomic E-state index is 0.000417. The van der Waals surface area contributed by atoms with E-state index >= 15 is 0 Å². The fourth-order valence-electron chi connectivity index (χ4n) is 3.49. The summed E-state index contributed by atoms with van der Waals surface area (Å²) in [5.74, 6) is -0.295. The molecule has 4 nitrogen and oxygen atoms in total. The van der Waals surface area contributed by atoms with Crippen LogP contribution in [-0.2, 0) is 6.18 Å². The van der Waals surface area contributed by atoms with Crippen LogP contribution in [0.4, 0.5) is 32.0 Å². The number of fused-ring (bicyclic) bond motifs is 3. The molecule has 2 heterocycles. The number of anilines is 1. The lowest BCUT2D eigenvalue weighted by atomic mass is 10.0. The molecule has 0 N–H and O–H groups in total. The zero-order valence-electron chi connectivity index (χ0n) is 16.0. The SMILES string of the molecule is CCN1c2ccc3nc(OC(C)C)cc(C(F)(F)F)c3c2OCC1CC(F)(F)F. The van der Waals surface area contributed by atoms with Crippen LogP contribution in [0.2, 0.25) is 0 Å². The number of likely N-dealkylation sites (N-methyl/N-ethyl adjacent to an activating group) is 1. The Balaban J connectivity index is 2.18. The van der Waals surface area contributed by atoms with Crippen molar-refractivity contribution in [1.29, 1.82) is 0 Å². The number of hydrogen-bond acceptors (Lipinski definition) is 4. The lowest BCUT2D eigenvalue weighted by Crippen LogP contribution is -2.45. The number of halogens is 6. The van der Waals surface area contributed by atoms with Crippen LogP contribution < -0.4 is 14.4 Å². The van der Waals surface area contributed by atoms with Gasteiger partial charge in [0.1, 0.15) is 6.61 Å². The van der Waals surface area contributed by atoms with Gasteiger partial charge in [-0.05, 0) is 32.9 Å². The van der Waals surface area contributed by atoms with Crippen LogP contribution >= 0.6 is 0 Å². The van der Waals surface area contributed by atoms with Gasteiger partial charge in [0.15, 0.2) is 5.75 Å². The number of benzene rings is 1. The van der Waals surface area contributed by atoms with Crippen LogP contribution in [0.25, 0.3) is 10.9 Å². The van der Waals surface area contributed by atoms with E-state index in [2.05, 4.69) is 4.98 Å². The summed E-state index contributed by atoms with van der Waals surface area (Å²) in [4.78, 5) is 5.55. The van der Waals surface area contributed by atoms with Crippen molar-refractivity contribution in [3.8, 4) is 11.6 Å². The minimum atomic E-state index is -4.73. The van der Waals surface area contributed by atoms with Crippen molar-refractivity contribution in [2.75, 3.05) is 18.1 Å². The number of pyridine rings is 1. The summed E-state index contributed by atoms with van der Waals surface area (Å²) in [6, 6.07) is 2.56. The fourth-order valence-corrected chi connectivity index (χ4v) is 3.49. The molecule has 0 radical (unpaired) electrons. The highest BCUT2D eigenvalue weighted by atomic mass is 19.4. The van der Waals surface area contributed by atoms with Crippen LogP contribution in [-0.4, -0.2) is 36.5 Å². The summed E-state index contributed by atoms with van der Waals surface area (Å²) >= 11 is 0. The van der Waals surface area contributed by atoms with E-state index in [0.29, 0.717) is 0 Å². The molecule has 0 saturated carbocycles. The largest absolute Gasteiger partial charge is 0.489 e. The Morgan fingerprint density at radius 2 is 1.90 bits per heavy atom. The summed E-state index contributed by atoms with van der Waals surface area (Å²) in [7, 11) is 0. The Morgan fingerprint density at radius 1 is 1.21 bits per heavy atom. The maximum Gasteiger partial charge on any atom is 0.417 e. The molecule has 0 amide bonds. The number of hydrogen-bond donors (Lipinski definition) is 0. The second kappa shape index (κ2) is 7.46. The van der Waals surface area contributed by atoms with Crippen LogP contribution in [0, 0.1) is 0 Å². The highest BCUT2D eigenvalue weighted by molar-refractivity contribution is 5.95. The van der Waals surface area contributed by atoms with Crippen molar-refractivity contribution < 1.29 is 35.8 Å². The van der Waals surface area contributed by atoms with E-state index in [4.69, 9.17) is 9.47 Å². The van der Waals surface area contributed by atoms with Crippen LogP contribution in [0.5, 0.6) is 11.6 Å². The third-order valence-electron chi connectivity index (χ3n) is 4.52. The maximum absolute atomic E-state index is 13.8. The van der Waals surface area contributed by atoms with E-state index < -0.39 is 30.4 Å². The Bertz CT molecular complexity index is 895. The first-order valence-electron chi connectivity index (χ1n) is 9.08. The molecule has 0 bridgehead atoms. The molecule has 0 aliphatic carbocycles. The van der Waals surface area contributed by atoms with Gasteiger partial charge in [-0.25, -0.2) is 4.98 Å². The van der Waals surface area contributed by atoms with Gasteiger partial charge in [-0.2, -0.15) is 26.3 Å². The number of ether oxygens (including phenoxy) is 2. The summed E-state index contributed by atoms with van der Waals surface area (Å²) in [6.45, 7) is 4.78. The van der Waals surface area contributed by atoms with E-state index in [1.54, 1.807) is 20.8 Å². The molecule has 160 valence electrons. The van der Waals surface area contributed by atoms with Gasteiger partial charge in [-0.3, -0.25) is 0 Å². The third-order valence-corrected chi connectivity index (χ3v) is 4.52. The van der Waals surface area contributed by atoms with E-state index in [9.17, 15) is 26.3 Å². The second-order valence-corrected chi connectivity index (χ2v) is 7.05. The first-order chi connectivity index (χ1) is 13.4. The molecule has 2 aromatic rings. The fraction of sp³-hybridized carbons (Fsp3) is 0.526. The normalized spacial score (nSPS) is 17.4. The van der Waals surface area contributed by atoms with Crippen LogP contribution in [0.3, 0.4) is 0 Å². The van der Waals surface area contributed by atoms with Crippen molar-refractivity contribution in [3.63, 3.8) is 0 Å². The molecular formula is C19H20F6N2O2. The monoisotopic (exact) mass is 422 g/mol. The van der Waals surface area contributed by atoms with Crippen molar-refractivity contribution in [2.24, 2.45) is 0 Å². The molecule has 1 aliphatic heterocycles. The Kier molecular flexibility index (Phi) is 5.48. The van der Waals surface area contributed by atoms with E-state index in [1.807, 2.05) is 0 Å². The molecular weight excluding hydrogens is 402 g/mol. The van der Waals surface area contributed by atoms with Crippen molar-refractivity contribution in [3.05, 3.63) is 23.8 Å². The molecule has 3 rings (SSSR count). The Hall–Kier alpha value is -2.39. The third kappa shape index (κ3) is 4.45. The Labute approximate surface area is 163 Å². The summed E-state index contributed by atoms with van der Waals surface area (Å²) in [5.41, 5.74) is -0.815. The lowest BCUT2D eigenvalue weighted by Gasteiger charge is -2.39. The highest BCUT2D eigenvalue weighted by Gasteiger charge is 2.40. The number of aromatic nitrogens is 1. The smallest absolute Gasteiger partial charge is 0.417 e. The number of nitrogens with zero attached hydrogens (tertiary/aromatic N) is 2. The molecule has 0 spiro atoms. The number of alkyl halides is 6.